The van der Waals surface area contributed by atoms with Crippen LogP contribution in [0.25, 0.3) is 0 Å². The van der Waals surface area contributed by atoms with Gasteiger partial charge in [0.25, 0.3) is 0 Å². The molecule has 1 saturated heterocycles. The van der Waals surface area contributed by atoms with Crippen molar-refractivity contribution in [1.29, 1.82) is 0 Å². The molecule has 0 aromatic heterocycles. The van der Waals surface area contributed by atoms with Crippen LogP contribution in [0.3, 0.4) is 0 Å². The van der Waals surface area contributed by atoms with Crippen LogP contribution in [-0.4, -0.2) is 14.0 Å². The van der Waals surface area contributed by atoms with Gasteiger partial charge < -0.3 is 0 Å². The van der Waals surface area contributed by atoms with Crippen LogP contribution in [0.5, 0.6) is 0 Å². The van der Waals surface area contributed by atoms with Gasteiger partial charge in [-0.3, -0.25) is 0 Å². The van der Waals surface area contributed by atoms with Crippen molar-refractivity contribution < 1.29 is 16.4 Å². The maximum absolute atomic E-state index is 2.61. The van der Waals surface area contributed by atoms with Gasteiger partial charge in [0.2, 0.25) is 0 Å². The summed E-state index contributed by atoms with van der Waals surface area (Å²) in [6.07, 6.45) is 7.40. The molecule has 3 heterocycles. The molecule has 3 aliphatic rings. The van der Waals surface area contributed by atoms with Crippen LogP contribution < -0.4 is 0 Å². The van der Waals surface area contributed by atoms with Gasteiger partial charge in [0.05, 0.1) is 0 Å². The Balaban J connectivity index is 1.78. The first-order valence-electron chi connectivity index (χ1n) is 4.32. The van der Waals surface area contributed by atoms with E-state index in [9.17, 15) is 0 Å². The van der Waals surface area contributed by atoms with E-state index < -0.39 is 16.4 Å². The van der Waals surface area contributed by atoms with Gasteiger partial charge in [-0.05, 0) is 0 Å². The fourth-order valence-electron chi connectivity index (χ4n) is 1.97. The Morgan fingerprint density at radius 2 is 2.10 bits per heavy atom. The van der Waals surface area contributed by atoms with E-state index in [2.05, 4.69) is 26.6 Å². The van der Waals surface area contributed by atoms with Crippen LogP contribution >= 0.6 is 0 Å². The Bertz CT molecular complexity index is 146. The Morgan fingerprint density at radius 1 is 1.40 bits per heavy atom. The number of rotatable bonds is 3. The average Bonchev–Trinajstić information content (AvgIpc) is 2.46. The molecule has 2 bridgehead atoms. The Morgan fingerprint density at radius 3 is 2.60 bits per heavy atom. The van der Waals surface area contributed by atoms with Crippen molar-refractivity contribution in [2.75, 3.05) is 6.67 Å². The topological polar surface area (TPSA) is 6.48 Å². The molecule has 3 heteroatoms. The molecular formula is C7H13N2Zn. The summed E-state index contributed by atoms with van der Waals surface area (Å²) < 4.78 is 5.21. The Hall–Kier alpha value is -0.0366. The van der Waals surface area contributed by atoms with E-state index >= 15 is 0 Å². The SMILES string of the molecule is CCC[CH2][Zn]1[N]2C=C[N]1C2. The minimum atomic E-state index is -1.18. The second kappa shape index (κ2) is 2.54. The van der Waals surface area contributed by atoms with Gasteiger partial charge in [0.15, 0.2) is 0 Å². The van der Waals surface area contributed by atoms with Crippen LogP contribution in [0.4, 0.5) is 0 Å². The van der Waals surface area contributed by atoms with Gasteiger partial charge >= 0.3 is 67.6 Å². The maximum atomic E-state index is 2.61. The zero-order chi connectivity index (χ0) is 6.97. The zero-order valence-corrected chi connectivity index (χ0v) is 9.55. The summed E-state index contributed by atoms with van der Waals surface area (Å²) in [5, 5.41) is 1.55. The molecular weight excluding hydrogens is 177 g/mol. The Labute approximate surface area is 67.9 Å². The third-order valence-electron chi connectivity index (χ3n) is 2.71. The predicted molar refractivity (Wildman–Crippen MR) is 37.4 cm³/mol. The first-order valence-corrected chi connectivity index (χ1v) is 9.07. The van der Waals surface area contributed by atoms with Gasteiger partial charge in [-0.1, -0.05) is 0 Å². The third kappa shape index (κ3) is 0.879. The predicted octanol–water partition coefficient (Wildman–Crippen LogP) is 1.71. The summed E-state index contributed by atoms with van der Waals surface area (Å²) in [6.45, 7) is 3.52. The van der Waals surface area contributed by atoms with Crippen LogP contribution in [0.2, 0.25) is 5.02 Å². The van der Waals surface area contributed by atoms with E-state index in [0.717, 1.165) is 0 Å². The molecule has 0 aromatic rings. The van der Waals surface area contributed by atoms with Crippen molar-refractivity contribution in [2.45, 2.75) is 24.8 Å². The van der Waals surface area contributed by atoms with E-state index in [-0.39, 0.29) is 0 Å². The number of unbranched alkanes of at least 4 members (excludes halogenated alkanes) is 1. The first kappa shape index (κ1) is 6.66. The average molecular weight is 191 g/mol. The van der Waals surface area contributed by atoms with Crippen molar-refractivity contribution in [3.8, 4) is 0 Å². The van der Waals surface area contributed by atoms with Gasteiger partial charge in [-0.25, -0.2) is 0 Å². The summed E-state index contributed by atoms with van der Waals surface area (Å²) >= 11 is -1.18. The van der Waals surface area contributed by atoms with E-state index in [4.69, 9.17) is 0 Å². The van der Waals surface area contributed by atoms with E-state index in [1.54, 1.807) is 5.02 Å². The molecule has 0 aromatic carbocycles. The minimum absolute atomic E-state index is 1.18. The van der Waals surface area contributed by atoms with Crippen LogP contribution in [-0.2, 0) is 16.4 Å². The Kier molecular flexibility index (Phi) is 1.69. The van der Waals surface area contributed by atoms with Crippen LogP contribution in [0.15, 0.2) is 12.4 Å². The molecule has 2 nitrogen and oxygen atoms in total. The molecule has 1 fully saturated rings. The first-order chi connectivity index (χ1) is 4.92. The van der Waals surface area contributed by atoms with E-state index in [1.807, 2.05) is 0 Å². The summed E-state index contributed by atoms with van der Waals surface area (Å²) in [5.41, 5.74) is 0. The molecule has 3 aliphatic heterocycles. The molecule has 0 amide bonds. The molecule has 0 aliphatic carbocycles. The molecule has 0 spiro atoms. The summed E-state index contributed by atoms with van der Waals surface area (Å²) in [6, 6.07) is 0. The molecule has 0 saturated carbocycles. The summed E-state index contributed by atoms with van der Waals surface area (Å²) in [7, 11) is 0. The van der Waals surface area contributed by atoms with Crippen molar-refractivity contribution in [1.82, 2.24) is 7.29 Å². The second-order valence-electron chi connectivity index (χ2n) is 3.41. The van der Waals surface area contributed by atoms with Gasteiger partial charge in [-0.2, -0.15) is 0 Å². The van der Waals surface area contributed by atoms with Crippen molar-refractivity contribution in [3.63, 3.8) is 0 Å². The molecule has 0 atom stereocenters. The molecule has 53 valence electrons. The number of nitrogens with zero attached hydrogens (tertiary/aromatic N) is 2. The molecule has 3 rings (SSSR count). The number of hydrogen-bond acceptors (Lipinski definition) is 2. The standard InChI is InChI=1S/C4H9.C3H4N2.Zn/c1-3-4-2;1-2-5-3-4-1;/h1,3-4H2,2H3;1-2H,3H2;/q;-2;+2. The van der Waals surface area contributed by atoms with Gasteiger partial charge in [-0.15, -0.1) is 0 Å². The van der Waals surface area contributed by atoms with E-state index in [0.29, 0.717) is 0 Å². The van der Waals surface area contributed by atoms with Gasteiger partial charge in [0, 0.05) is 0 Å². The molecule has 0 radical (unpaired) electrons. The monoisotopic (exact) mass is 189 g/mol. The second-order valence-corrected chi connectivity index (χ2v) is 10.8. The quantitative estimate of drug-likeness (QED) is 0.626. The fourth-order valence-corrected chi connectivity index (χ4v) is 9.26. The van der Waals surface area contributed by atoms with Crippen molar-refractivity contribution in [2.24, 2.45) is 0 Å². The van der Waals surface area contributed by atoms with Gasteiger partial charge in [0.1, 0.15) is 0 Å². The molecule has 10 heavy (non-hydrogen) atoms. The zero-order valence-electron chi connectivity index (χ0n) is 6.58. The van der Waals surface area contributed by atoms with Crippen molar-refractivity contribution >= 4 is 0 Å². The normalized spacial score (nSPS) is 20.3. The molecule has 0 unspecified atom stereocenters. The summed E-state index contributed by atoms with van der Waals surface area (Å²) in [5.74, 6) is 0. The van der Waals surface area contributed by atoms with Crippen LogP contribution in [0.1, 0.15) is 19.8 Å². The summed E-state index contributed by atoms with van der Waals surface area (Å²) in [4.78, 5) is 0. The van der Waals surface area contributed by atoms with Crippen LogP contribution in [0, 0.1) is 0 Å². The number of hydrogen-bond donors (Lipinski definition) is 0. The third-order valence-corrected chi connectivity index (χ3v) is 10.7. The fraction of sp³-hybridized carbons (Fsp3) is 0.714. The van der Waals surface area contributed by atoms with E-state index in [1.165, 1.54) is 19.5 Å². The van der Waals surface area contributed by atoms with Crippen molar-refractivity contribution in [3.05, 3.63) is 12.4 Å². The molecule has 0 N–H and O–H groups in total.